The van der Waals surface area contributed by atoms with Gasteiger partial charge in [-0.05, 0) is 20.8 Å². The van der Waals surface area contributed by atoms with Crippen LogP contribution in [0.3, 0.4) is 0 Å². The van der Waals surface area contributed by atoms with E-state index in [1.807, 2.05) is 0 Å². The number of aromatic nitrogens is 4. The van der Waals surface area contributed by atoms with Gasteiger partial charge in [0.2, 0.25) is 0 Å². The number of aryl methyl sites for hydroxylation is 4. The molecule has 2 heterocycles. The third kappa shape index (κ3) is 2.52. The van der Waals surface area contributed by atoms with Crippen LogP contribution in [-0.2, 0) is 39.5 Å². The second-order valence-corrected chi connectivity index (χ2v) is 5.48. The van der Waals surface area contributed by atoms with Gasteiger partial charge in [-0.2, -0.15) is 0 Å². The molecule has 0 saturated heterocycles. The van der Waals surface area contributed by atoms with Crippen molar-refractivity contribution in [2.24, 2.45) is 7.05 Å². The van der Waals surface area contributed by atoms with E-state index in [4.69, 9.17) is 0 Å². The minimum atomic E-state index is 1.01. The van der Waals surface area contributed by atoms with Crippen molar-refractivity contribution in [2.75, 3.05) is 0 Å². The van der Waals surface area contributed by atoms with Crippen LogP contribution in [-0.4, -0.2) is 9.13 Å². The van der Waals surface area contributed by atoms with Crippen LogP contribution >= 0.6 is 0 Å². The van der Waals surface area contributed by atoms with E-state index in [1.54, 1.807) is 0 Å². The molecule has 21 heavy (non-hydrogen) atoms. The van der Waals surface area contributed by atoms with Crippen LogP contribution < -0.4 is 9.13 Å². The number of nitrogens with zero attached hydrogens (tertiary/aromatic N) is 4. The maximum absolute atomic E-state index is 2.46. The van der Waals surface area contributed by atoms with Crippen molar-refractivity contribution in [1.82, 2.24) is 9.13 Å². The monoisotopic (exact) mass is 290 g/mol. The van der Waals surface area contributed by atoms with Crippen LogP contribution in [0.5, 0.6) is 0 Å². The van der Waals surface area contributed by atoms with Gasteiger partial charge >= 0.3 is 11.6 Å². The van der Waals surface area contributed by atoms with E-state index in [1.165, 1.54) is 23.0 Å². The molecule has 2 aromatic rings. The Morgan fingerprint density at radius 1 is 0.810 bits per heavy atom. The highest BCUT2D eigenvalue weighted by molar-refractivity contribution is 5.39. The summed E-state index contributed by atoms with van der Waals surface area (Å²) in [6.07, 6.45) is 6.74. The summed E-state index contributed by atoms with van der Waals surface area (Å²) in [6.45, 7) is 14.2. The van der Waals surface area contributed by atoms with Crippen LogP contribution in [0.1, 0.15) is 46.0 Å². The first-order valence-corrected chi connectivity index (χ1v) is 8.32. The fraction of sp³-hybridized carbons (Fsp3) is 0.647. The molecule has 4 heteroatoms. The Morgan fingerprint density at radius 3 is 1.81 bits per heavy atom. The maximum atomic E-state index is 2.46. The summed E-state index contributed by atoms with van der Waals surface area (Å²) in [7, 11) is 2.17. The first kappa shape index (κ1) is 15.8. The minimum Gasteiger partial charge on any atom is -0.226 e. The third-order valence-corrected chi connectivity index (χ3v) is 4.36. The summed E-state index contributed by atoms with van der Waals surface area (Å²) < 4.78 is 9.59. The highest BCUT2D eigenvalue weighted by Crippen LogP contribution is 2.19. The Kier molecular flexibility index (Phi) is 4.86. The standard InChI is InChI=1S/C17H30N4/c1-7-14-12-18(6)16(20(14)10-4)17-19(9-3)13-15(8-2)21(17)11-5/h12-13H,7-11H2,1-6H3/q+2. The SMILES string of the molecule is CCc1c[n+](C)c(-c2n(CC)c(CC)c[n+]2CC)n1CC. The topological polar surface area (TPSA) is 17.6 Å². The number of hydrogen-bond donors (Lipinski definition) is 0. The molecule has 0 aromatic carbocycles. The highest BCUT2D eigenvalue weighted by atomic mass is 15.2. The molecule has 0 bridgehead atoms. The van der Waals surface area contributed by atoms with Crippen molar-refractivity contribution < 1.29 is 9.13 Å². The molecule has 0 aliphatic rings. The predicted octanol–water partition coefficient (Wildman–Crippen LogP) is 2.25. The van der Waals surface area contributed by atoms with Crippen LogP contribution in [0, 0.1) is 0 Å². The summed E-state index contributed by atoms with van der Waals surface area (Å²) >= 11 is 0. The van der Waals surface area contributed by atoms with Gasteiger partial charge in [-0.1, -0.05) is 13.8 Å². The fourth-order valence-electron chi connectivity index (χ4n) is 3.32. The van der Waals surface area contributed by atoms with E-state index in [9.17, 15) is 0 Å². The van der Waals surface area contributed by atoms with Gasteiger partial charge in [0.25, 0.3) is 0 Å². The van der Waals surface area contributed by atoms with Crippen molar-refractivity contribution in [3.63, 3.8) is 0 Å². The second kappa shape index (κ2) is 6.46. The van der Waals surface area contributed by atoms with Gasteiger partial charge in [0.15, 0.2) is 0 Å². The van der Waals surface area contributed by atoms with E-state index in [2.05, 4.69) is 72.3 Å². The van der Waals surface area contributed by atoms with E-state index < -0.39 is 0 Å². The van der Waals surface area contributed by atoms with E-state index in [0.29, 0.717) is 0 Å². The molecular weight excluding hydrogens is 260 g/mol. The van der Waals surface area contributed by atoms with Gasteiger partial charge in [0.1, 0.15) is 23.8 Å². The zero-order valence-electron chi connectivity index (χ0n) is 14.5. The Morgan fingerprint density at radius 2 is 1.33 bits per heavy atom. The smallest absolute Gasteiger partial charge is 0.226 e. The number of imidazole rings is 2. The van der Waals surface area contributed by atoms with Crippen LogP contribution in [0.4, 0.5) is 0 Å². The molecular formula is C17H30N4+2. The molecule has 0 spiro atoms. The van der Waals surface area contributed by atoms with Gasteiger partial charge in [0.05, 0.1) is 26.7 Å². The van der Waals surface area contributed by atoms with Gasteiger partial charge < -0.3 is 0 Å². The molecule has 0 amide bonds. The summed E-state index contributed by atoms with van der Waals surface area (Å²) in [5.41, 5.74) is 2.82. The average molecular weight is 290 g/mol. The normalized spacial score (nSPS) is 11.3. The molecule has 0 radical (unpaired) electrons. The van der Waals surface area contributed by atoms with Crippen molar-refractivity contribution in [3.05, 3.63) is 23.8 Å². The van der Waals surface area contributed by atoms with Gasteiger partial charge in [0, 0.05) is 12.8 Å². The highest BCUT2D eigenvalue weighted by Gasteiger charge is 2.34. The Bertz CT molecular complexity index is 619. The van der Waals surface area contributed by atoms with Crippen molar-refractivity contribution in [1.29, 1.82) is 0 Å². The summed E-state index contributed by atoms with van der Waals surface area (Å²) in [5.74, 6) is 2.65. The fourth-order valence-corrected chi connectivity index (χ4v) is 3.32. The molecule has 0 N–H and O–H groups in total. The molecule has 0 aliphatic carbocycles. The Balaban J connectivity index is 2.77. The number of rotatable bonds is 6. The summed E-state index contributed by atoms with van der Waals surface area (Å²) in [5, 5.41) is 0. The van der Waals surface area contributed by atoms with Crippen LogP contribution in [0.2, 0.25) is 0 Å². The zero-order valence-corrected chi connectivity index (χ0v) is 14.5. The molecule has 116 valence electrons. The van der Waals surface area contributed by atoms with E-state index >= 15 is 0 Å². The van der Waals surface area contributed by atoms with E-state index in [0.717, 1.165) is 32.5 Å². The molecule has 2 rings (SSSR count). The lowest BCUT2D eigenvalue weighted by Crippen LogP contribution is -2.40. The maximum Gasteiger partial charge on any atom is 0.373 e. The molecule has 0 atom stereocenters. The van der Waals surface area contributed by atoms with Gasteiger partial charge in [-0.25, -0.2) is 18.3 Å². The lowest BCUT2D eigenvalue weighted by atomic mass is 10.3. The Hall–Kier alpha value is -1.58. The third-order valence-electron chi connectivity index (χ3n) is 4.36. The number of hydrogen-bond acceptors (Lipinski definition) is 0. The lowest BCUT2D eigenvalue weighted by molar-refractivity contribution is -0.703. The largest absolute Gasteiger partial charge is 0.373 e. The van der Waals surface area contributed by atoms with Crippen molar-refractivity contribution >= 4 is 0 Å². The molecule has 2 aromatic heterocycles. The quantitative estimate of drug-likeness (QED) is 0.726. The van der Waals surface area contributed by atoms with Gasteiger partial charge in [-0.3, -0.25) is 0 Å². The van der Waals surface area contributed by atoms with Gasteiger partial charge in [-0.15, -0.1) is 0 Å². The molecule has 0 fully saturated rings. The molecule has 0 aliphatic heterocycles. The molecule has 4 nitrogen and oxygen atoms in total. The molecule has 0 saturated carbocycles. The minimum absolute atomic E-state index is 1.01. The molecule has 0 unspecified atom stereocenters. The van der Waals surface area contributed by atoms with Crippen LogP contribution in [0.15, 0.2) is 12.4 Å². The zero-order chi connectivity index (χ0) is 15.6. The first-order valence-electron chi connectivity index (χ1n) is 8.32. The van der Waals surface area contributed by atoms with Crippen molar-refractivity contribution in [3.8, 4) is 11.6 Å². The predicted molar refractivity (Wildman–Crippen MR) is 85.0 cm³/mol. The first-order chi connectivity index (χ1) is 10.1. The summed E-state index contributed by atoms with van der Waals surface area (Å²) in [6, 6.07) is 0. The summed E-state index contributed by atoms with van der Waals surface area (Å²) in [4.78, 5) is 0. The lowest BCUT2D eigenvalue weighted by Gasteiger charge is -2.03. The average Bonchev–Trinajstić information content (AvgIpc) is 3.02. The van der Waals surface area contributed by atoms with E-state index in [-0.39, 0.29) is 0 Å². The van der Waals surface area contributed by atoms with Crippen LogP contribution in [0.25, 0.3) is 11.6 Å². The van der Waals surface area contributed by atoms with Crippen molar-refractivity contribution in [2.45, 2.75) is 67.1 Å². The Labute approximate surface area is 128 Å². The second-order valence-electron chi connectivity index (χ2n) is 5.48.